The van der Waals surface area contributed by atoms with Crippen molar-refractivity contribution < 1.29 is 0 Å². The number of hydrogen-bond acceptors (Lipinski definition) is 1. The molecule has 6 aliphatic carbocycles. The highest BCUT2D eigenvalue weighted by Gasteiger charge is 2.61. The standard InChI is InChI=1S/C57H47N/c1-56(2)52-13-7-5-11-48(52)50-26-23-45(34-54(50)56)58(44-22-25-47-40(32-44)16-15-38-9-3-4-10-46(38)47)43-20-17-37(18-21-43)39-19-24-51-49-12-6-8-14-53(49)57(55(51)33-39)41-28-35-27-36(30-41)31-42(57)29-35/h3-26,32-36,41-42H,27-31H2,1-2H3. The SMILES string of the molecule is CC1(C)c2ccccc2-c2ccc(N(c3ccc(-c4ccc5c(c4)C4(c6ccccc6-5)C5CC6CC(C5)CC4C6)cc3)c3ccc4c(ccc5ccccc54)c3)cc21. The molecule has 0 atom stereocenters. The molecule has 4 fully saturated rings. The Bertz CT molecular complexity index is 2970. The maximum Gasteiger partial charge on any atom is 0.0468 e. The molecule has 0 amide bonds. The zero-order valence-electron chi connectivity index (χ0n) is 33.4. The summed E-state index contributed by atoms with van der Waals surface area (Å²) in [4.78, 5) is 2.47. The zero-order chi connectivity index (χ0) is 38.3. The van der Waals surface area contributed by atoms with Crippen molar-refractivity contribution in [3.05, 3.63) is 186 Å². The molecule has 1 spiro atoms. The quantitative estimate of drug-likeness (QED) is 0.162. The van der Waals surface area contributed by atoms with E-state index in [-0.39, 0.29) is 10.8 Å². The number of nitrogens with zero attached hydrogens (tertiary/aromatic N) is 1. The fraction of sp³-hybridized carbons (Fsp3) is 0.228. The Morgan fingerprint density at radius 1 is 0.397 bits per heavy atom. The van der Waals surface area contributed by atoms with Gasteiger partial charge in [-0.1, -0.05) is 135 Å². The first kappa shape index (κ1) is 33.1. The van der Waals surface area contributed by atoms with E-state index in [9.17, 15) is 0 Å². The van der Waals surface area contributed by atoms with Gasteiger partial charge in [-0.05, 0) is 175 Å². The Morgan fingerprint density at radius 3 is 1.74 bits per heavy atom. The maximum atomic E-state index is 2.62. The van der Waals surface area contributed by atoms with E-state index in [0.29, 0.717) is 0 Å². The van der Waals surface area contributed by atoms with Gasteiger partial charge >= 0.3 is 0 Å². The molecule has 14 rings (SSSR count). The van der Waals surface area contributed by atoms with Crippen molar-refractivity contribution in [1.29, 1.82) is 0 Å². The fourth-order valence-electron chi connectivity index (χ4n) is 13.6. The Morgan fingerprint density at radius 2 is 0.948 bits per heavy atom. The number of fused-ring (bicyclic) bond motifs is 9. The van der Waals surface area contributed by atoms with Crippen molar-refractivity contribution in [2.24, 2.45) is 23.7 Å². The van der Waals surface area contributed by atoms with Crippen LogP contribution in [0, 0.1) is 23.7 Å². The van der Waals surface area contributed by atoms with Gasteiger partial charge in [0.15, 0.2) is 0 Å². The summed E-state index contributed by atoms with van der Waals surface area (Å²) in [6.07, 6.45) is 7.12. The van der Waals surface area contributed by atoms with Crippen LogP contribution in [-0.4, -0.2) is 0 Å². The molecule has 58 heavy (non-hydrogen) atoms. The Balaban J connectivity index is 0.935. The highest BCUT2D eigenvalue weighted by molar-refractivity contribution is 6.08. The maximum absolute atomic E-state index is 2.62. The molecule has 4 saturated carbocycles. The lowest BCUT2D eigenvalue weighted by molar-refractivity contribution is -0.0399. The lowest BCUT2D eigenvalue weighted by Gasteiger charge is -2.61. The minimum Gasteiger partial charge on any atom is -0.310 e. The topological polar surface area (TPSA) is 3.24 Å². The van der Waals surface area contributed by atoms with Crippen LogP contribution in [0.5, 0.6) is 0 Å². The zero-order valence-corrected chi connectivity index (χ0v) is 33.4. The van der Waals surface area contributed by atoms with Crippen molar-refractivity contribution in [1.82, 2.24) is 0 Å². The molecule has 0 saturated heterocycles. The van der Waals surface area contributed by atoms with E-state index >= 15 is 0 Å². The highest BCUT2D eigenvalue weighted by atomic mass is 15.1. The molecule has 1 nitrogen and oxygen atoms in total. The van der Waals surface area contributed by atoms with Crippen molar-refractivity contribution in [2.75, 3.05) is 4.90 Å². The summed E-state index contributed by atoms with van der Waals surface area (Å²) in [6.45, 7) is 4.76. The first-order chi connectivity index (χ1) is 28.4. The van der Waals surface area contributed by atoms with Crippen LogP contribution in [0.1, 0.15) is 68.2 Å². The van der Waals surface area contributed by atoms with Crippen LogP contribution in [0.15, 0.2) is 164 Å². The van der Waals surface area contributed by atoms with Gasteiger partial charge in [0.1, 0.15) is 0 Å². The fourth-order valence-corrected chi connectivity index (χ4v) is 13.6. The normalized spacial score (nSPS) is 23.9. The molecule has 8 aromatic rings. The van der Waals surface area contributed by atoms with Gasteiger partial charge in [-0.3, -0.25) is 0 Å². The van der Waals surface area contributed by atoms with Gasteiger partial charge in [-0.15, -0.1) is 0 Å². The van der Waals surface area contributed by atoms with Crippen molar-refractivity contribution in [2.45, 2.75) is 56.8 Å². The van der Waals surface area contributed by atoms with E-state index in [1.165, 1.54) is 115 Å². The second-order valence-electron chi connectivity index (χ2n) is 19.0. The van der Waals surface area contributed by atoms with Crippen LogP contribution in [0.25, 0.3) is 54.9 Å². The van der Waals surface area contributed by atoms with Gasteiger partial charge in [0, 0.05) is 27.9 Å². The molecule has 0 N–H and O–H groups in total. The minimum absolute atomic E-state index is 0.0817. The summed E-state index contributed by atoms with van der Waals surface area (Å²) in [5.74, 6) is 3.42. The van der Waals surface area contributed by atoms with Crippen LogP contribution in [0.2, 0.25) is 0 Å². The van der Waals surface area contributed by atoms with Crippen LogP contribution in [0.3, 0.4) is 0 Å². The van der Waals surface area contributed by atoms with E-state index in [0.717, 1.165) is 23.7 Å². The predicted molar refractivity (Wildman–Crippen MR) is 242 cm³/mol. The van der Waals surface area contributed by atoms with E-state index in [1.54, 1.807) is 11.1 Å². The van der Waals surface area contributed by atoms with Gasteiger partial charge in [-0.2, -0.15) is 0 Å². The van der Waals surface area contributed by atoms with Crippen LogP contribution >= 0.6 is 0 Å². The summed E-state index contributed by atoms with van der Waals surface area (Å²) in [7, 11) is 0. The van der Waals surface area contributed by atoms with E-state index in [2.05, 4.69) is 183 Å². The average molecular weight is 746 g/mol. The molecule has 4 bridgehead atoms. The third-order valence-corrected chi connectivity index (χ3v) is 15.8. The third-order valence-electron chi connectivity index (χ3n) is 15.8. The molecule has 0 aromatic heterocycles. The molecular weight excluding hydrogens is 699 g/mol. The smallest absolute Gasteiger partial charge is 0.0468 e. The van der Waals surface area contributed by atoms with E-state index in [1.807, 2.05) is 0 Å². The molecule has 0 aliphatic heterocycles. The van der Waals surface area contributed by atoms with Crippen LogP contribution in [-0.2, 0) is 10.8 Å². The van der Waals surface area contributed by atoms with Crippen molar-refractivity contribution in [3.63, 3.8) is 0 Å². The molecule has 8 aromatic carbocycles. The molecule has 6 aliphatic rings. The highest BCUT2D eigenvalue weighted by Crippen LogP contribution is 2.69. The van der Waals surface area contributed by atoms with E-state index in [4.69, 9.17) is 0 Å². The first-order valence-corrected chi connectivity index (χ1v) is 21.8. The van der Waals surface area contributed by atoms with Crippen molar-refractivity contribution >= 4 is 38.6 Å². The number of anilines is 3. The van der Waals surface area contributed by atoms with Gasteiger partial charge in [0.25, 0.3) is 0 Å². The average Bonchev–Trinajstić information content (AvgIpc) is 3.68. The minimum atomic E-state index is -0.0817. The van der Waals surface area contributed by atoms with Crippen LogP contribution < -0.4 is 4.90 Å². The summed E-state index contributed by atoms with van der Waals surface area (Å²) < 4.78 is 0. The summed E-state index contributed by atoms with van der Waals surface area (Å²) in [5, 5.41) is 5.12. The Kier molecular flexibility index (Phi) is 6.75. The largest absolute Gasteiger partial charge is 0.310 e. The Hall–Kier alpha value is -5.92. The second-order valence-corrected chi connectivity index (χ2v) is 19.0. The molecular formula is C57H47N. The number of benzene rings is 8. The predicted octanol–water partition coefficient (Wildman–Crippen LogP) is 15.2. The third kappa shape index (κ3) is 4.43. The number of rotatable bonds is 4. The van der Waals surface area contributed by atoms with Gasteiger partial charge in [0.05, 0.1) is 0 Å². The lowest BCUT2D eigenvalue weighted by atomic mass is 9.43. The monoisotopic (exact) mass is 745 g/mol. The second kappa shape index (κ2) is 11.8. The van der Waals surface area contributed by atoms with E-state index < -0.39 is 0 Å². The van der Waals surface area contributed by atoms with Gasteiger partial charge < -0.3 is 4.90 Å². The summed E-state index contributed by atoms with van der Waals surface area (Å²) >= 11 is 0. The van der Waals surface area contributed by atoms with Gasteiger partial charge in [-0.25, -0.2) is 0 Å². The first-order valence-electron chi connectivity index (χ1n) is 21.8. The molecule has 0 unspecified atom stereocenters. The summed E-state index contributed by atoms with van der Waals surface area (Å²) in [6, 6.07) is 62.8. The van der Waals surface area contributed by atoms with Crippen molar-refractivity contribution in [3.8, 4) is 33.4 Å². The molecule has 1 heteroatoms. The van der Waals surface area contributed by atoms with Crippen LogP contribution in [0.4, 0.5) is 17.1 Å². The molecule has 0 heterocycles. The molecule has 0 radical (unpaired) electrons. The summed E-state index contributed by atoms with van der Waals surface area (Å²) in [5.41, 5.74) is 18.0. The number of hydrogen-bond donors (Lipinski definition) is 0. The Labute approximate surface area is 342 Å². The lowest BCUT2D eigenvalue weighted by Crippen LogP contribution is -2.55. The molecule has 280 valence electrons. The van der Waals surface area contributed by atoms with Gasteiger partial charge in [0.2, 0.25) is 0 Å².